The first kappa shape index (κ1) is 21.1. The van der Waals surface area contributed by atoms with E-state index in [1.54, 1.807) is 26.3 Å². The van der Waals surface area contributed by atoms with Crippen LogP contribution in [-0.4, -0.2) is 53.0 Å². The first-order valence-corrected chi connectivity index (χ1v) is 10.4. The zero-order chi connectivity index (χ0) is 19.9. The molecule has 1 saturated heterocycles. The number of hydrogen-bond donors (Lipinski definition) is 2. The topological polar surface area (TPSA) is 54.9 Å². The molecule has 1 saturated carbocycles. The molecule has 156 valence electrons. The summed E-state index contributed by atoms with van der Waals surface area (Å²) in [5.74, 6) is 0.627. The van der Waals surface area contributed by atoms with E-state index in [-0.39, 0.29) is 11.2 Å². The molecule has 0 aromatic heterocycles. The molecule has 0 radical (unpaired) electrons. The third kappa shape index (κ3) is 5.03. The molecule has 0 spiro atoms. The van der Waals surface area contributed by atoms with Crippen LogP contribution in [0.1, 0.15) is 44.1 Å². The van der Waals surface area contributed by atoms with Crippen LogP contribution in [0.5, 0.6) is 0 Å². The van der Waals surface area contributed by atoms with Crippen molar-refractivity contribution >= 4 is 5.96 Å². The Kier molecular flexibility index (Phi) is 7.30. The molecule has 2 N–H and O–H groups in total. The Balaban J connectivity index is 1.61. The fraction of sp³-hybridized carbons (Fsp3) is 0.682. The molecule has 2 aliphatic rings. The Morgan fingerprint density at radius 2 is 1.93 bits per heavy atom. The molecule has 5 nitrogen and oxygen atoms in total. The number of nitrogens with one attached hydrogen (secondary N) is 2. The second-order valence-electron chi connectivity index (χ2n) is 8.28. The molecule has 28 heavy (non-hydrogen) atoms. The second-order valence-corrected chi connectivity index (χ2v) is 8.28. The van der Waals surface area contributed by atoms with Crippen molar-refractivity contribution in [3.05, 3.63) is 35.6 Å². The number of halogens is 1. The second kappa shape index (κ2) is 9.70. The molecule has 1 aromatic carbocycles. The number of aliphatic imine (C=N–C) groups is 1. The number of ether oxygens (including phenoxy) is 2. The lowest BCUT2D eigenvalue weighted by Crippen LogP contribution is -2.51. The van der Waals surface area contributed by atoms with Gasteiger partial charge in [-0.05, 0) is 55.2 Å². The lowest BCUT2D eigenvalue weighted by molar-refractivity contribution is 0.0511. The number of nitrogens with zero attached hydrogens (tertiary/aromatic N) is 1. The maximum Gasteiger partial charge on any atom is 0.191 e. The van der Waals surface area contributed by atoms with Crippen molar-refractivity contribution in [3.8, 4) is 0 Å². The predicted molar refractivity (Wildman–Crippen MR) is 110 cm³/mol. The van der Waals surface area contributed by atoms with E-state index >= 15 is 0 Å². The molecule has 0 bridgehead atoms. The minimum Gasteiger partial charge on any atom is -0.385 e. The van der Waals surface area contributed by atoms with Crippen molar-refractivity contribution in [2.45, 2.75) is 43.9 Å². The van der Waals surface area contributed by atoms with Gasteiger partial charge in [-0.2, -0.15) is 0 Å². The summed E-state index contributed by atoms with van der Waals surface area (Å²) in [7, 11) is 3.57. The lowest BCUT2D eigenvalue weighted by atomic mass is 9.67. The summed E-state index contributed by atoms with van der Waals surface area (Å²) in [6, 6.07) is 6.99. The normalized spacial score (nSPS) is 21.0. The van der Waals surface area contributed by atoms with Crippen molar-refractivity contribution in [2.75, 3.05) is 47.1 Å². The Morgan fingerprint density at radius 1 is 1.18 bits per heavy atom. The van der Waals surface area contributed by atoms with Crippen molar-refractivity contribution in [3.63, 3.8) is 0 Å². The smallest absolute Gasteiger partial charge is 0.191 e. The molecule has 2 fully saturated rings. The largest absolute Gasteiger partial charge is 0.385 e. The van der Waals surface area contributed by atoms with Crippen LogP contribution in [0.3, 0.4) is 0 Å². The number of hydrogen-bond acceptors (Lipinski definition) is 3. The molecular formula is C22H34FN3O2. The molecule has 1 aliphatic heterocycles. The fourth-order valence-corrected chi connectivity index (χ4v) is 4.40. The van der Waals surface area contributed by atoms with E-state index in [0.717, 1.165) is 43.9 Å². The van der Waals surface area contributed by atoms with Crippen LogP contribution in [0.25, 0.3) is 0 Å². The van der Waals surface area contributed by atoms with Gasteiger partial charge in [0.1, 0.15) is 5.82 Å². The number of benzene rings is 1. The van der Waals surface area contributed by atoms with Gasteiger partial charge in [0.15, 0.2) is 5.96 Å². The molecule has 1 aliphatic carbocycles. The van der Waals surface area contributed by atoms with E-state index in [1.807, 2.05) is 6.07 Å². The Bertz CT molecular complexity index is 655. The summed E-state index contributed by atoms with van der Waals surface area (Å²) < 4.78 is 24.7. The van der Waals surface area contributed by atoms with E-state index in [0.29, 0.717) is 25.2 Å². The summed E-state index contributed by atoms with van der Waals surface area (Å²) >= 11 is 0. The molecule has 1 aromatic rings. The van der Waals surface area contributed by atoms with Crippen LogP contribution in [0.2, 0.25) is 0 Å². The van der Waals surface area contributed by atoms with E-state index in [9.17, 15) is 4.39 Å². The van der Waals surface area contributed by atoms with Crippen LogP contribution in [0.15, 0.2) is 29.3 Å². The highest BCUT2D eigenvalue weighted by Crippen LogP contribution is 2.43. The number of guanidine groups is 1. The van der Waals surface area contributed by atoms with Gasteiger partial charge < -0.3 is 20.1 Å². The van der Waals surface area contributed by atoms with Gasteiger partial charge in [-0.25, -0.2) is 4.39 Å². The monoisotopic (exact) mass is 391 g/mol. The van der Waals surface area contributed by atoms with Gasteiger partial charge in [0.25, 0.3) is 0 Å². The zero-order valence-electron chi connectivity index (χ0n) is 17.2. The zero-order valence-corrected chi connectivity index (χ0v) is 17.2. The molecular weight excluding hydrogens is 357 g/mol. The summed E-state index contributed by atoms with van der Waals surface area (Å²) in [6.07, 6.45) is 6.60. The van der Waals surface area contributed by atoms with E-state index in [2.05, 4.69) is 15.6 Å². The summed E-state index contributed by atoms with van der Waals surface area (Å²) in [6.45, 7) is 3.82. The van der Waals surface area contributed by atoms with Gasteiger partial charge >= 0.3 is 0 Å². The molecule has 1 heterocycles. The average molecular weight is 392 g/mol. The van der Waals surface area contributed by atoms with Crippen molar-refractivity contribution in [1.29, 1.82) is 0 Å². The molecule has 0 unspecified atom stereocenters. The van der Waals surface area contributed by atoms with Crippen LogP contribution in [0.4, 0.5) is 4.39 Å². The fourth-order valence-electron chi connectivity index (χ4n) is 4.40. The Labute approximate surface area is 168 Å². The van der Waals surface area contributed by atoms with Crippen LogP contribution < -0.4 is 10.6 Å². The quantitative estimate of drug-likeness (QED) is 0.528. The molecule has 3 rings (SSSR count). The van der Waals surface area contributed by atoms with Crippen LogP contribution in [0, 0.1) is 11.2 Å². The Morgan fingerprint density at radius 3 is 2.54 bits per heavy atom. The van der Waals surface area contributed by atoms with Gasteiger partial charge in [0, 0.05) is 52.5 Å². The minimum atomic E-state index is -0.184. The van der Waals surface area contributed by atoms with Crippen molar-refractivity contribution < 1.29 is 13.9 Å². The van der Waals surface area contributed by atoms with Crippen molar-refractivity contribution in [2.24, 2.45) is 10.4 Å². The number of rotatable bonds is 8. The van der Waals surface area contributed by atoms with Gasteiger partial charge in [-0.1, -0.05) is 18.6 Å². The van der Waals surface area contributed by atoms with Gasteiger partial charge in [-0.15, -0.1) is 0 Å². The summed E-state index contributed by atoms with van der Waals surface area (Å²) in [4.78, 5) is 4.41. The van der Waals surface area contributed by atoms with Gasteiger partial charge in [-0.3, -0.25) is 4.99 Å². The average Bonchev–Trinajstić information content (AvgIpc) is 2.69. The van der Waals surface area contributed by atoms with E-state index in [4.69, 9.17) is 9.47 Å². The van der Waals surface area contributed by atoms with Crippen LogP contribution in [-0.2, 0) is 14.9 Å². The van der Waals surface area contributed by atoms with E-state index in [1.165, 1.54) is 25.3 Å². The highest BCUT2D eigenvalue weighted by Gasteiger charge is 2.37. The van der Waals surface area contributed by atoms with Gasteiger partial charge in [0.05, 0.1) is 0 Å². The SMILES string of the molecule is CN=C(NCC1(CCOC)CCC1)NCC1(c2cccc(F)c2)CCOCC1. The highest BCUT2D eigenvalue weighted by molar-refractivity contribution is 5.79. The highest BCUT2D eigenvalue weighted by atomic mass is 19.1. The lowest BCUT2D eigenvalue weighted by Gasteiger charge is -2.42. The number of methoxy groups -OCH3 is 1. The maximum atomic E-state index is 13.9. The van der Waals surface area contributed by atoms with Crippen molar-refractivity contribution in [1.82, 2.24) is 10.6 Å². The molecule has 6 heteroatoms. The first-order chi connectivity index (χ1) is 13.6. The molecule has 0 atom stereocenters. The Hall–Kier alpha value is -1.66. The summed E-state index contributed by atoms with van der Waals surface area (Å²) in [5.41, 5.74) is 1.23. The standard InChI is InChI=1S/C22H34FN3O2/c1-24-20(25-16-21(7-4-8-21)9-12-27-2)26-17-22(10-13-28-14-11-22)18-5-3-6-19(23)15-18/h3,5-6,15H,4,7-14,16-17H2,1-2H3,(H2,24,25,26). The van der Waals surface area contributed by atoms with E-state index < -0.39 is 0 Å². The van der Waals surface area contributed by atoms with Gasteiger partial charge in [0.2, 0.25) is 0 Å². The third-order valence-corrected chi connectivity index (χ3v) is 6.59. The predicted octanol–water partition coefficient (Wildman–Crippen LogP) is 3.25. The summed E-state index contributed by atoms with van der Waals surface area (Å²) in [5, 5.41) is 7.02. The first-order valence-electron chi connectivity index (χ1n) is 10.4. The third-order valence-electron chi connectivity index (χ3n) is 6.59. The molecule has 0 amide bonds. The maximum absolute atomic E-state index is 13.9. The van der Waals surface area contributed by atoms with Crippen LogP contribution >= 0.6 is 0 Å². The minimum absolute atomic E-state index is 0.137.